The Morgan fingerprint density at radius 2 is 1.94 bits per heavy atom. The van der Waals surface area contributed by atoms with Crippen LogP contribution < -0.4 is 15.4 Å². The van der Waals surface area contributed by atoms with Crippen LogP contribution in [0.15, 0.2) is 18.2 Å². The van der Waals surface area contributed by atoms with Crippen LogP contribution in [0.25, 0.3) is 0 Å². The smallest absolute Gasteiger partial charge is 0.319 e. The maximum atomic E-state index is 13.2. The number of urea groups is 1. The summed E-state index contributed by atoms with van der Waals surface area (Å²) in [7, 11) is 0. The van der Waals surface area contributed by atoms with Gasteiger partial charge in [0.2, 0.25) is 0 Å². The van der Waals surface area contributed by atoms with Crippen molar-refractivity contribution < 1.29 is 13.9 Å². The van der Waals surface area contributed by atoms with Gasteiger partial charge in [-0.2, -0.15) is 0 Å². The molecule has 18 heavy (non-hydrogen) atoms. The van der Waals surface area contributed by atoms with Gasteiger partial charge in [-0.3, -0.25) is 0 Å². The largest absolute Gasteiger partial charge is 0.489 e. The first kappa shape index (κ1) is 14.3. The number of hydrogen-bond donors (Lipinski definition) is 2. The van der Waals surface area contributed by atoms with Gasteiger partial charge in [-0.05, 0) is 39.8 Å². The highest BCUT2D eigenvalue weighted by Crippen LogP contribution is 2.26. The molecule has 0 spiro atoms. The maximum Gasteiger partial charge on any atom is 0.319 e. The zero-order valence-electron chi connectivity index (χ0n) is 11.1. The molecule has 0 aliphatic rings. The van der Waals surface area contributed by atoms with E-state index in [1.165, 1.54) is 18.2 Å². The molecule has 1 aromatic rings. The highest BCUT2D eigenvalue weighted by Gasteiger charge is 2.11. The van der Waals surface area contributed by atoms with E-state index in [0.717, 1.165) is 0 Å². The molecule has 2 amide bonds. The van der Waals surface area contributed by atoms with Crippen molar-refractivity contribution in [2.75, 3.05) is 5.32 Å². The molecule has 0 aliphatic carbocycles. The van der Waals surface area contributed by atoms with Crippen LogP contribution in [0.2, 0.25) is 0 Å². The van der Waals surface area contributed by atoms with Crippen LogP contribution in [0.3, 0.4) is 0 Å². The van der Waals surface area contributed by atoms with Crippen molar-refractivity contribution in [2.45, 2.75) is 39.8 Å². The zero-order valence-corrected chi connectivity index (χ0v) is 11.1. The molecule has 0 aliphatic heterocycles. The Labute approximate surface area is 107 Å². The topological polar surface area (TPSA) is 50.4 Å². The van der Waals surface area contributed by atoms with Gasteiger partial charge in [-0.25, -0.2) is 9.18 Å². The summed E-state index contributed by atoms with van der Waals surface area (Å²) < 4.78 is 18.7. The van der Waals surface area contributed by atoms with Crippen molar-refractivity contribution in [2.24, 2.45) is 0 Å². The van der Waals surface area contributed by atoms with E-state index in [1.54, 1.807) is 0 Å². The van der Waals surface area contributed by atoms with Crippen LogP contribution in [0.5, 0.6) is 5.75 Å². The standard InChI is InChI=1S/C13H19FN2O2/c1-8(2)15-13(17)16-11-7-10(14)5-6-12(11)18-9(3)4/h5-9H,1-4H3,(H2,15,16,17). The summed E-state index contributed by atoms with van der Waals surface area (Å²) in [5.41, 5.74) is 0.321. The summed E-state index contributed by atoms with van der Waals surface area (Å²) in [6.45, 7) is 7.41. The van der Waals surface area contributed by atoms with Crippen LogP contribution >= 0.6 is 0 Å². The van der Waals surface area contributed by atoms with Crippen molar-refractivity contribution >= 4 is 11.7 Å². The Morgan fingerprint density at radius 1 is 1.28 bits per heavy atom. The fraction of sp³-hybridized carbons (Fsp3) is 0.462. The van der Waals surface area contributed by atoms with E-state index < -0.39 is 5.82 Å². The lowest BCUT2D eigenvalue weighted by atomic mass is 10.2. The number of carbonyl (C=O) groups excluding carboxylic acids is 1. The molecule has 0 bridgehead atoms. The van der Waals surface area contributed by atoms with Crippen molar-refractivity contribution in [1.82, 2.24) is 5.32 Å². The number of amides is 2. The Balaban J connectivity index is 2.84. The SMILES string of the molecule is CC(C)NC(=O)Nc1cc(F)ccc1OC(C)C. The monoisotopic (exact) mass is 254 g/mol. The fourth-order valence-corrected chi connectivity index (χ4v) is 1.38. The minimum absolute atomic E-state index is 0.00743. The van der Waals surface area contributed by atoms with Gasteiger partial charge in [0, 0.05) is 12.1 Å². The van der Waals surface area contributed by atoms with Gasteiger partial charge >= 0.3 is 6.03 Å². The first-order valence-corrected chi connectivity index (χ1v) is 5.92. The summed E-state index contributed by atoms with van der Waals surface area (Å²) in [4.78, 5) is 11.6. The first-order chi connectivity index (χ1) is 8.38. The number of ether oxygens (including phenoxy) is 1. The molecule has 0 unspecified atom stereocenters. The lowest BCUT2D eigenvalue weighted by Gasteiger charge is -2.16. The second-order valence-electron chi connectivity index (χ2n) is 4.56. The van der Waals surface area contributed by atoms with Gasteiger partial charge < -0.3 is 15.4 Å². The number of hydrogen-bond acceptors (Lipinski definition) is 2. The summed E-state index contributed by atoms with van der Waals surface area (Å²) in [5, 5.41) is 5.24. The third-order valence-corrected chi connectivity index (χ3v) is 1.97. The van der Waals surface area contributed by atoms with Crippen LogP contribution in [-0.2, 0) is 0 Å². The fourth-order valence-electron chi connectivity index (χ4n) is 1.38. The van der Waals surface area contributed by atoms with Crippen LogP contribution in [0, 0.1) is 5.82 Å². The highest BCUT2D eigenvalue weighted by atomic mass is 19.1. The van der Waals surface area contributed by atoms with Gasteiger partial charge in [-0.1, -0.05) is 0 Å². The molecule has 1 rings (SSSR count). The average molecular weight is 254 g/mol. The Bertz CT molecular complexity index is 419. The molecule has 0 fully saturated rings. The molecule has 4 nitrogen and oxygen atoms in total. The van der Waals surface area contributed by atoms with E-state index in [0.29, 0.717) is 11.4 Å². The van der Waals surface area contributed by atoms with E-state index in [-0.39, 0.29) is 18.2 Å². The van der Waals surface area contributed by atoms with Crippen molar-refractivity contribution in [1.29, 1.82) is 0 Å². The average Bonchev–Trinajstić information content (AvgIpc) is 2.20. The number of nitrogens with one attached hydrogen (secondary N) is 2. The summed E-state index contributed by atoms with van der Waals surface area (Å²) in [6.07, 6.45) is -0.0517. The Morgan fingerprint density at radius 3 is 2.50 bits per heavy atom. The lowest BCUT2D eigenvalue weighted by Crippen LogP contribution is -2.34. The van der Waals surface area contributed by atoms with E-state index in [4.69, 9.17) is 4.74 Å². The minimum atomic E-state index is -0.425. The number of rotatable bonds is 4. The van der Waals surface area contributed by atoms with Crippen LogP contribution in [0.1, 0.15) is 27.7 Å². The van der Waals surface area contributed by atoms with Gasteiger partial charge in [0.25, 0.3) is 0 Å². The Hall–Kier alpha value is -1.78. The molecule has 0 atom stereocenters. The predicted octanol–water partition coefficient (Wildman–Crippen LogP) is 3.14. The molecule has 0 saturated heterocycles. The summed E-state index contributed by atoms with van der Waals surface area (Å²) in [5.74, 6) is 0.0243. The number of anilines is 1. The van der Waals surface area contributed by atoms with Gasteiger partial charge in [0.15, 0.2) is 0 Å². The van der Waals surface area contributed by atoms with E-state index >= 15 is 0 Å². The normalized spacial score (nSPS) is 10.6. The maximum absolute atomic E-state index is 13.2. The van der Waals surface area contributed by atoms with Gasteiger partial charge in [0.05, 0.1) is 11.8 Å². The van der Waals surface area contributed by atoms with E-state index in [1.807, 2.05) is 27.7 Å². The molecule has 1 aromatic carbocycles. The Kier molecular flexibility index (Phi) is 4.95. The second-order valence-corrected chi connectivity index (χ2v) is 4.56. The third kappa shape index (κ3) is 4.61. The van der Waals surface area contributed by atoms with Crippen molar-refractivity contribution in [3.05, 3.63) is 24.0 Å². The molecule has 100 valence electrons. The molecule has 0 saturated carbocycles. The molecule has 0 radical (unpaired) electrons. The lowest BCUT2D eigenvalue weighted by molar-refractivity contribution is 0.241. The second kappa shape index (κ2) is 6.23. The first-order valence-electron chi connectivity index (χ1n) is 5.92. The molecule has 5 heteroatoms. The summed E-state index contributed by atoms with van der Waals surface area (Å²) in [6, 6.07) is 3.65. The predicted molar refractivity (Wildman–Crippen MR) is 69.5 cm³/mol. The summed E-state index contributed by atoms with van der Waals surface area (Å²) >= 11 is 0. The molecular weight excluding hydrogens is 235 g/mol. The minimum Gasteiger partial charge on any atom is -0.489 e. The van der Waals surface area contributed by atoms with Crippen LogP contribution in [-0.4, -0.2) is 18.2 Å². The molecule has 2 N–H and O–H groups in total. The molecule has 0 heterocycles. The van der Waals surface area contributed by atoms with E-state index in [9.17, 15) is 9.18 Å². The van der Waals surface area contributed by atoms with Gasteiger partial charge in [-0.15, -0.1) is 0 Å². The zero-order chi connectivity index (χ0) is 13.7. The molecular formula is C13H19FN2O2. The number of halogens is 1. The van der Waals surface area contributed by atoms with Crippen LogP contribution in [0.4, 0.5) is 14.9 Å². The van der Waals surface area contributed by atoms with Crippen molar-refractivity contribution in [3.8, 4) is 5.75 Å². The van der Waals surface area contributed by atoms with E-state index in [2.05, 4.69) is 10.6 Å². The number of carbonyl (C=O) groups is 1. The van der Waals surface area contributed by atoms with Gasteiger partial charge in [0.1, 0.15) is 11.6 Å². The third-order valence-electron chi connectivity index (χ3n) is 1.97. The number of benzene rings is 1. The highest BCUT2D eigenvalue weighted by molar-refractivity contribution is 5.91. The quantitative estimate of drug-likeness (QED) is 0.867. The molecule has 0 aromatic heterocycles. The van der Waals surface area contributed by atoms with Crippen molar-refractivity contribution in [3.63, 3.8) is 0 Å².